The first kappa shape index (κ1) is 39.1. The first-order valence-electron chi connectivity index (χ1n) is 19.7. The van der Waals surface area contributed by atoms with Crippen molar-refractivity contribution in [3.05, 3.63) is 215 Å². The lowest BCUT2D eigenvalue weighted by Gasteiger charge is -2.38. The van der Waals surface area contributed by atoms with E-state index in [1.54, 1.807) is 97.1 Å². The Hall–Kier alpha value is -9.04. The van der Waals surface area contributed by atoms with Crippen molar-refractivity contribution in [2.24, 2.45) is 0 Å². The second-order valence-electron chi connectivity index (χ2n) is 14.5. The van der Waals surface area contributed by atoms with Crippen LogP contribution < -0.4 is 28.4 Å². The molecule has 0 saturated heterocycles. The molecule has 0 unspecified atom stereocenters. The molecule has 0 N–H and O–H groups in total. The molecule has 14 heteroatoms. The van der Waals surface area contributed by atoms with E-state index in [9.17, 15) is 19.2 Å². The van der Waals surface area contributed by atoms with Crippen LogP contribution in [0.2, 0.25) is 0 Å². The Bertz CT molecular complexity index is 2680. The van der Waals surface area contributed by atoms with Gasteiger partial charge in [0.1, 0.15) is 46.0 Å². The average molecular weight is 847 g/mol. The van der Waals surface area contributed by atoms with E-state index in [2.05, 4.69) is 19.9 Å². The van der Waals surface area contributed by atoms with Crippen LogP contribution in [0.1, 0.15) is 75.5 Å². The molecule has 4 aromatic carbocycles. The maximum atomic E-state index is 13.2. The van der Waals surface area contributed by atoms with E-state index >= 15 is 0 Å². The van der Waals surface area contributed by atoms with Crippen LogP contribution in [0.3, 0.4) is 0 Å². The van der Waals surface area contributed by atoms with Gasteiger partial charge in [0.15, 0.2) is 0 Å². The first-order valence-corrected chi connectivity index (χ1v) is 19.7. The summed E-state index contributed by atoms with van der Waals surface area (Å²) in [7, 11) is 0. The van der Waals surface area contributed by atoms with Gasteiger partial charge in [-0.1, -0.05) is 24.3 Å². The Morgan fingerprint density at radius 1 is 0.328 bits per heavy atom. The number of carbonyl (C=O) groups excluding carboxylic acids is 4. The lowest BCUT2D eigenvalue weighted by molar-refractivity contribution is 0.0724. The molecule has 0 saturated carbocycles. The molecular formula is C50H30N4O10. The highest BCUT2D eigenvalue weighted by Gasteiger charge is 2.41. The maximum Gasteiger partial charge on any atom is 0.343 e. The van der Waals surface area contributed by atoms with Gasteiger partial charge in [0.05, 0.1) is 22.3 Å². The van der Waals surface area contributed by atoms with Crippen LogP contribution in [0, 0.1) is 0 Å². The Kier molecular flexibility index (Phi) is 10.3. The lowest BCUT2D eigenvalue weighted by atomic mass is 9.71. The molecule has 0 spiro atoms. The zero-order chi connectivity index (χ0) is 43.6. The molecule has 2 aliphatic heterocycles. The largest absolute Gasteiger partial charge is 0.456 e. The van der Waals surface area contributed by atoms with E-state index in [0.717, 1.165) is 22.3 Å². The average Bonchev–Trinajstić information content (AvgIpc) is 3.33. The normalized spacial score (nSPS) is 12.4. The van der Waals surface area contributed by atoms with Gasteiger partial charge < -0.3 is 28.4 Å². The van der Waals surface area contributed by atoms with Crippen LogP contribution in [-0.2, 0) is 0 Å². The van der Waals surface area contributed by atoms with E-state index in [0.29, 0.717) is 45.3 Å². The van der Waals surface area contributed by atoms with Crippen LogP contribution in [0.5, 0.6) is 46.0 Å². The minimum Gasteiger partial charge on any atom is -0.456 e. The number of hydrogen-bond donors (Lipinski definition) is 0. The van der Waals surface area contributed by atoms with Crippen molar-refractivity contribution in [2.45, 2.75) is 11.8 Å². The van der Waals surface area contributed by atoms with Crippen LogP contribution in [-0.4, -0.2) is 43.8 Å². The van der Waals surface area contributed by atoms with E-state index in [1.165, 1.54) is 49.6 Å². The molecule has 310 valence electrons. The highest BCUT2D eigenvalue weighted by atomic mass is 16.6. The Labute approximate surface area is 363 Å². The van der Waals surface area contributed by atoms with Gasteiger partial charge in [0.2, 0.25) is 0 Å². The quantitative estimate of drug-likeness (QED) is 0.0992. The summed E-state index contributed by atoms with van der Waals surface area (Å²) in [4.78, 5) is 68.6. The van der Waals surface area contributed by atoms with Crippen molar-refractivity contribution in [1.82, 2.24) is 19.9 Å². The fourth-order valence-corrected chi connectivity index (χ4v) is 7.60. The van der Waals surface area contributed by atoms with Gasteiger partial charge in [-0.05, 0) is 72.8 Å². The number of esters is 4. The SMILES string of the molecule is O=C(Oc1ccc2c(c1)Oc1cc(OC(=O)c3ccncc3)ccc1C2C1c2ccc(OC(=O)c3ccncc3)cc2Oc2cc(OC(=O)c3ccncc3)ccc21)c1ccncc1. The molecule has 0 amide bonds. The van der Waals surface area contributed by atoms with Crippen molar-refractivity contribution in [1.29, 1.82) is 0 Å². The number of ether oxygens (including phenoxy) is 6. The Morgan fingerprint density at radius 2 is 0.547 bits per heavy atom. The molecule has 2 aliphatic rings. The second-order valence-corrected chi connectivity index (χ2v) is 14.5. The maximum absolute atomic E-state index is 13.2. The zero-order valence-corrected chi connectivity index (χ0v) is 33.2. The van der Waals surface area contributed by atoms with Crippen LogP contribution in [0.4, 0.5) is 0 Å². The number of fused-ring (bicyclic) bond motifs is 4. The van der Waals surface area contributed by atoms with E-state index in [1.807, 2.05) is 24.3 Å². The van der Waals surface area contributed by atoms with Gasteiger partial charge in [-0.15, -0.1) is 0 Å². The summed E-state index contributed by atoms with van der Waals surface area (Å²) in [5.41, 5.74) is 4.14. The molecule has 4 aromatic heterocycles. The summed E-state index contributed by atoms with van der Waals surface area (Å²) >= 11 is 0. The van der Waals surface area contributed by atoms with Crippen LogP contribution >= 0.6 is 0 Å². The first-order chi connectivity index (χ1) is 31.3. The molecule has 0 fully saturated rings. The van der Waals surface area contributed by atoms with Crippen molar-refractivity contribution >= 4 is 23.9 Å². The standard InChI is InChI=1S/C50H30N4O10/c55-47(29-9-17-51-18-10-29)59-33-1-5-37-41(25-33)63-42-26-34(60-48(56)30-11-19-52-20-12-30)2-6-38(42)45(37)46-39-7-3-35(61-49(57)31-13-21-53-22-14-31)27-43(39)64-44-28-36(4-8-40(44)46)62-50(58)32-15-23-54-24-16-32/h1-28,45-46H. The molecule has 0 bridgehead atoms. The zero-order valence-electron chi connectivity index (χ0n) is 33.2. The smallest absolute Gasteiger partial charge is 0.343 e. The molecule has 0 radical (unpaired) electrons. The summed E-state index contributed by atoms with van der Waals surface area (Å²) in [6, 6.07) is 33.0. The number of carbonyl (C=O) groups is 4. The molecule has 6 heterocycles. The van der Waals surface area contributed by atoms with Gasteiger partial charge in [0.25, 0.3) is 0 Å². The summed E-state index contributed by atoms with van der Waals surface area (Å²) < 4.78 is 36.3. The topological polar surface area (TPSA) is 175 Å². The summed E-state index contributed by atoms with van der Waals surface area (Å²) in [5, 5.41) is 0. The lowest BCUT2D eigenvalue weighted by Crippen LogP contribution is -2.22. The van der Waals surface area contributed by atoms with E-state index in [-0.39, 0.29) is 23.0 Å². The van der Waals surface area contributed by atoms with E-state index < -0.39 is 35.7 Å². The van der Waals surface area contributed by atoms with Gasteiger partial charge >= 0.3 is 23.9 Å². The third-order valence-corrected chi connectivity index (χ3v) is 10.6. The van der Waals surface area contributed by atoms with Crippen molar-refractivity contribution in [2.75, 3.05) is 0 Å². The number of aromatic nitrogens is 4. The highest BCUT2D eigenvalue weighted by Crippen LogP contribution is 2.59. The van der Waals surface area contributed by atoms with Crippen molar-refractivity contribution in [3.8, 4) is 46.0 Å². The minimum absolute atomic E-state index is 0.220. The monoisotopic (exact) mass is 846 g/mol. The van der Waals surface area contributed by atoms with Gasteiger partial charge in [0, 0.05) is 108 Å². The predicted octanol–water partition coefficient (Wildman–Crippen LogP) is 9.32. The van der Waals surface area contributed by atoms with Gasteiger partial charge in [-0.2, -0.15) is 0 Å². The highest BCUT2D eigenvalue weighted by molar-refractivity contribution is 5.93. The number of benzene rings is 4. The molecule has 0 atom stereocenters. The molecule has 0 aliphatic carbocycles. The Morgan fingerprint density at radius 3 is 0.766 bits per heavy atom. The number of pyridine rings is 4. The molecule has 14 nitrogen and oxygen atoms in total. The van der Waals surface area contributed by atoms with Gasteiger partial charge in [-0.25, -0.2) is 19.2 Å². The fourth-order valence-electron chi connectivity index (χ4n) is 7.60. The minimum atomic E-state index is -0.589. The van der Waals surface area contributed by atoms with Crippen LogP contribution in [0.25, 0.3) is 0 Å². The number of rotatable bonds is 9. The summed E-state index contributed by atoms with van der Waals surface area (Å²) in [5.74, 6) is -1.04. The van der Waals surface area contributed by atoms with Gasteiger partial charge in [-0.3, -0.25) is 19.9 Å². The number of nitrogens with zero attached hydrogens (tertiary/aromatic N) is 4. The molecular weight excluding hydrogens is 817 g/mol. The molecule has 10 rings (SSSR count). The predicted molar refractivity (Wildman–Crippen MR) is 226 cm³/mol. The Balaban J connectivity index is 1.08. The van der Waals surface area contributed by atoms with Crippen molar-refractivity contribution < 1.29 is 47.6 Å². The fraction of sp³-hybridized carbons (Fsp3) is 0.0400. The summed E-state index contributed by atoms with van der Waals surface area (Å²) in [6.07, 6.45) is 12.0. The van der Waals surface area contributed by atoms with Crippen molar-refractivity contribution in [3.63, 3.8) is 0 Å². The number of hydrogen-bond acceptors (Lipinski definition) is 14. The molecule has 64 heavy (non-hydrogen) atoms. The van der Waals surface area contributed by atoms with E-state index in [4.69, 9.17) is 28.4 Å². The third kappa shape index (κ3) is 7.85. The van der Waals surface area contributed by atoms with Crippen LogP contribution in [0.15, 0.2) is 171 Å². The third-order valence-electron chi connectivity index (χ3n) is 10.6. The second kappa shape index (κ2) is 16.8. The summed E-state index contributed by atoms with van der Waals surface area (Å²) in [6.45, 7) is 0. The molecule has 8 aromatic rings.